The Hall–Kier alpha value is -0.540. The highest BCUT2D eigenvalue weighted by Crippen LogP contribution is 2.35. The second kappa shape index (κ2) is 7.46. The first-order valence-corrected chi connectivity index (χ1v) is 8.75. The van der Waals surface area contributed by atoms with Gasteiger partial charge in [-0.15, -0.1) is 0 Å². The normalized spacial score (nSPS) is 16.2. The molecule has 2 rings (SSSR count). The van der Waals surface area contributed by atoms with Crippen molar-refractivity contribution >= 4 is 21.6 Å². The van der Waals surface area contributed by atoms with Gasteiger partial charge in [-0.2, -0.15) is 0 Å². The Morgan fingerprint density at radius 1 is 1.35 bits per heavy atom. The first-order chi connectivity index (χ1) is 9.65. The molecule has 0 spiro atoms. The molecule has 1 atom stereocenters. The zero-order valence-electron chi connectivity index (χ0n) is 12.7. The number of hydrogen-bond donors (Lipinski definition) is 1. The molecule has 3 heteroatoms. The maximum Gasteiger partial charge on any atom is 0.0413 e. The van der Waals surface area contributed by atoms with E-state index in [9.17, 15) is 0 Å². The fourth-order valence-electron chi connectivity index (χ4n) is 2.62. The van der Waals surface area contributed by atoms with E-state index in [2.05, 4.69) is 52.9 Å². The van der Waals surface area contributed by atoms with Gasteiger partial charge >= 0.3 is 0 Å². The lowest BCUT2D eigenvalue weighted by Gasteiger charge is -2.28. The molecule has 0 radical (unpaired) electrons. The lowest BCUT2D eigenvalue weighted by Crippen LogP contribution is -2.29. The van der Waals surface area contributed by atoms with Gasteiger partial charge in [0.25, 0.3) is 0 Å². The number of unbranched alkanes of at least 4 members (excludes halogenated alkanes) is 1. The molecule has 1 aliphatic rings. The summed E-state index contributed by atoms with van der Waals surface area (Å²) in [6, 6.07) is 7.70. The first kappa shape index (κ1) is 15.8. The smallest absolute Gasteiger partial charge is 0.0413 e. The van der Waals surface area contributed by atoms with Crippen molar-refractivity contribution in [1.82, 2.24) is 0 Å². The topological polar surface area (TPSA) is 29.3 Å². The summed E-state index contributed by atoms with van der Waals surface area (Å²) in [5.74, 6) is 0. The van der Waals surface area contributed by atoms with Gasteiger partial charge in [-0.1, -0.05) is 42.3 Å². The Morgan fingerprint density at radius 2 is 2.10 bits per heavy atom. The van der Waals surface area contributed by atoms with Crippen LogP contribution in [0.4, 0.5) is 5.69 Å². The predicted molar refractivity (Wildman–Crippen MR) is 91.4 cm³/mol. The quantitative estimate of drug-likeness (QED) is 0.756. The van der Waals surface area contributed by atoms with Crippen LogP contribution in [-0.4, -0.2) is 18.6 Å². The highest BCUT2D eigenvalue weighted by Gasteiger charge is 2.30. The summed E-state index contributed by atoms with van der Waals surface area (Å²) < 4.78 is 1.17. The van der Waals surface area contributed by atoms with E-state index in [4.69, 9.17) is 5.73 Å². The third-order valence-electron chi connectivity index (χ3n) is 4.10. The minimum atomic E-state index is 0.266. The highest BCUT2D eigenvalue weighted by atomic mass is 79.9. The number of hydrogen-bond acceptors (Lipinski definition) is 2. The molecule has 2 N–H and O–H groups in total. The zero-order chi connectivity index (χ0) is 14.5. The average Bonchev–Trinajstić information content (AvgIpc) is 3.26. The van der Waals surface area contributed by atoms with Crippen LogP contribution in [0.2, 0.25) is 0 Å². The largest absolute Gasteiger partial charge is 0.368 e. The Labute approximate surface area is 131 Å². The van der Waals surface area contributed by atoms with Gasteiger partial charge in [0, 0.05) is 28.8 Å². The van der Waals surface area contributed by atoms with E-state index in [-0.39, 0.29) is 6.04 Å². The maximum atomic E-state index is 6.17. The van der Waals surface area contributed by atoms with Crippen LogP contribution >= 0.6 is 15.9 Å². The van der Waals surface area contributed by atoms with Crippen molar-refractivity contribution < 1.29 is 0 Å². The van der Waals surface area contributed by atoms with Gasteiger partial charge < -0.3 is 10.6 Å². The van der Waals surface area contributed by atoms with Crippen molar-refractivity contribution in [1.29, 1.82) is 0 Å². The molecule has 0 bridgehead atoms. The Kier molecular flexibility index (Phi) is 5.91. The molecule has 1 aromatic rings. The molecule has 1 aromatic carbocycles. The van der Waals surface area contributed by atoms with Crippen molar-refractivity contribution in [3.63, 3.8) is 0 Å². The van der Waals surface area contributed by atoms with Crippen LogP contribution < -0.4 is 10.6 Å². The van der Waals surface area contributed by atoms with Crippen molar-refractivity contribution in [2.45, 2.75) is 64.5 Å². The van der Waals surface area contributed by atoms with Crippen LogP contribution in [0.5, 0.6) is 0 Å². The zero-order valence-corrected chi connectivity index (χ0v) is 14.3. The lowest BCUT2D eigenvalue weighted by atomic mass is 10.0. The summed E-state index contributed by atoms with van der Waals surface area (Å²) in [4.78, 5) is 2.62. The molecule has 1 unspecified atom stereocenters. The van der Waals surface area contributed by atoms with E-state index < -0.39 is 0 Å². The van der Waals surface area contributed by atoms with Gasteiger partial charge in [0.05, 0.1) is 0 Å². The minimum Gasteiger partial charge on any atom is -0.368 e. The van der Waals surface area contributed by atoms with Crippen LogP contribution in [0.25, 0.3) is 0 Å². The molecule has 0 heterocycles. The molecular weight excluding hydrogens is 312 g/mol. The summed E-state index contributed by atoms with van der Waals surface area (Å²) in [6.07, 6.45) is 7.22. The predicted octanol–water partition coefficient (Wildman–Crippen LogP) is 4.50. The SMILES string of the molecule is CCCCN(c1cc(Br)ccc1CC(N)CC)C1CC1. The van der Waals surface area contributed by atoms with Crippen molar-refractivity contribution in [3.8, 4) is 0 Å². The summed E-state index contributed by atoms with van der Waals surface area (Å²) >= 11 is 3.63. The Morgan fingerprint density at radius 3 is 2.70 bits per heavy atom. The number of benzene rings is 1. The molecule has 0 aliphatic heterocycles. The fraction of sp³-hybridized carbons (Fsp3) is 0.647. The molecule has 1 fully saturated rings. The molecule has 2 nitrogen and oxygen atoms in total. The van der Waals surface area contributed by atoms with E-state index in [0.717, 1.165) is 18.9 Å². The van der Waals surface area contributed by atoms with Gasteiger partial charge in [-0.25, -0.2) is 0 Å². The lowest BCUT2D eigenvalue weighted by molar-refractivity contribution is 0.641. The molecule has 1 saturated carbocycles. The van der Waals surface area contributed by atoms with Gasteiger partial charge in [0.1, 0.15) is 0 Å². The van der Waals surface area contributed by atoms with Gasteiger partial charge in [-0.05, 0) is 49.8 Å². The van der Waals surface area contributed by atoms with E-state index in [1.54, 1.807) is 0 Å². The first-order valence-electron chi connectivity index (χ1n) is 7.96. The summed E-state index contributed by atoms with van der Waals surface area (Å²) in [5.41, 5.74) is 8.98. The second-order valence-corrected chi connectivity index (χ2v) is 6.84. The van der Waals surface area contributed by atoms with Crippen LogP contribution in [0, 0.1) is 0 Å². The third kappa shape index (κ3) is 4.23. The fourth-order valence-corrected chi connectivity index (χ4v) is 2.97. The van der Waals surface area contributed by atoms with E-state index in [1.807, 2.05) is 0 Å². The van der Waals surface area contributed by atoms with Crippen molar-refractivity contribution in [2.75, 3.05) is 11.4 Å². The monoisotopic (exact) mass is 338 g/mol. The van der Waals surface area contributed by atoms with Crippen LogP contribution in [-0.2, 0) is 6.42 Å². The Balaban J connectivity index is 2.23. The number of rotatable bonds is 8. The van der Waals surface area contributed by atoms with E-state index >= 15 is 0 Å². The van der Waals surface area contributed by atoms with Gasteiger partial charge in [0.15, 0.2) is 0 Å². The van der Waals surface area contributed by atoms with E-state index in [0.29, 0.717) is 0 Å². The second-order valence-electron chi connectivity index (χ2n) is 5.92. The molecule has 20 heavy (non-hydrogen) atoms. The average molecular weight is 339 g/mol. The van der Waals surface area contributed by atoms with Crippen LogP contribution in [0.3, 0.4) is 0 Å². The number of anilines is 1. The molecule has 0 amide bonds. The number of nitrogens with zero attached hydrogens (tertiary/aromatic N) is 1. The number of nitrogens with two attached hydrogens (primary N) is 1. The molecule has 1 aliphatic carbocycles. The highest BCUT2D eigenvalue weighted by molar-refractivity contribution is 9.10. The Bertz CT molecular complexity index is 429. The van der Waals surface area contributed by atoms with E-state index in [1.165, 1.54) is 48.0 Å². The summed E-state index contributed by atoms with van der Waals surface area (Å²) in [7, 11) is 0. The molecule has 0 aromatic heterocycles. The molecule has 112 valence electrons. The van der Waals surface area contributed by atoms with Crippen molar-refractivity contribution in [2.24, 2.45) is 5.73 Å². The maximum absolute atomic E-state index is 6.17. The van der Waals surface area contributed by atoms with Crippen molar-refractivity contribution in [3.05, 3.63) is 28.2 Å². The summed E-state index contributed by atoms with van der Waals surface area (Å²) in [5, 5.41) is 0. The third-order valence-corrected chi connectivity index (χ3v) is 4.60. The van der Waals surface area contributed by atoms with Crippen LogP contribution in [0.1, 0.15) is 51.5 Å². The molecule has 0 saturated heterocycles. The molecular formula is C17H27BrN2. The van der Waals surface area contributed by atoms with Gasteiger partial charge in [-0.3, -0.25) is 0 Å². The minimum absolute atomic E-state index is 0.266. The summed E-state index contributed by atoms with van der Waals surface area (Å²) in [6.45, 7) is 5.60. The van der Waals surface area contributed by atoms with Crippen LogP contribution in [0.15, 0.2) is 22.7 Å². The van der Waals surface area contributed by atoms with Gasteiger partial charge in [0.2, 0.25) is 0 Å². The standard InChI is InChI=1S/C17H27BrN2/c1-3-5-10-20(16-8-9-16)17-12-14(18)7-6-13(17)11-15(19)4-2/h6-7,12,15-16H,3-5,8-11,19H2,1-2H3. The number of halogens is 1.